The van der Waals surface area contributed by atoms with Crippen LogP contribution in [0.2, 0.25) is 5.02 Å². The maximum absolute atomic E-state index is 12.3. The van der Waals surface area contributed by atoms with E-state index in [1.807, 2.05) is 0 Å². The normalized spacial score (nSPS) is 20.0. The van der Waals surface area contributed by atoms with E-state index in [2.05, 4.69) is 4.90 Å². The molecule has 1 fully saturated rings. The number of likely N-dealkylation sites (tertiary alicyclic amines) is 1. The predicted molar refractivity (Wildman–Crippen MR) is 84.4 cm³/mol. The smallest absolute Gasteiger partial charge is 0.179 e. The Balaban J connectivity index is 1.93. The van der Waals surface area contributed by atoms with Gasteiger partial charge in [0.1, 0.15) is 0 Å². The van der Waals surface area contributed by atoms with Crippen molar-refractivity contribution in [2.45, 2.75) is 36.6 Å². The van der Waals surface area contributed by atoms with Crippen LogP contribution in [0.1, 0.15) is 25.7 Å². The molecule has 118 valence electrons. The quantitative estimate of drug-likeness (QED) is 0.833. The van der Waals surface area contributed by atoms with E-state index >= 15 is 0 Å². The van der Waals surface area contributed by atoms with Gasteiger partial charge in [0.05, 0.1) is 10.6 Å². The van der Waals surface area contributed by atoms with Gasteiger partial charge in [0.15, 0.2) is 9.84 Å². The number of rotatable bonds is 7. The van der Waals surface area contributed by atoms with Gasteiger partial charge in [-0.1, -0.05) is 11.6 Å². The molecule has 0 bridgehead atoms. The second-order valence-electron chi connectivity index (χ2n) is 5.47. The van der Waals surface area contributed by atoms with Crippen LogP contribution < -0.4 is 0 Å². The van der Waals surface area contributed by atoms with Gasteiger partial charge in [0.25, 0.3) is 0 Å². The zero-order chi connectivity index (χ0) is 15.3. The number of nitrogens with zero attached hydrogens (tertiary/aromatic N) is 1. The van der Waals surface area contributed by atoms with Gasteiger partial charge in [-0.3, -0.25) is 4.90 Å². The zero-order valence-electron chi connectivity index (χ0n) is 12.0. The Bertz CT molecular complexity index is 545. The fourth-order valence-corrected chi connectivity index (χ4v) is 4.23. The summed E-state index contributed by atoms with van der Waals surface area (Å²) >= 11 is 5.79. The first-order chi connectivity index (χ1) is 10.0. The highest BCUT2D eigenvalue weighted by Crippen LogP contribution is 2.22. The molecule has 1 unspecified atom stereocenters. The van der Waals surface area contributed by atoms with Crippen LogP contribution in [0.15, 0.2) is 29.2 Å². The average molecular weight is 332 g/mol. The summed E-state index contributed by atoms with van der Waals surface area (Å²) < 4.78 is 24.6. The van der Waals surface area contributed by atoms with E-state index in [4.69, 9.17) is 16.7 Å². The third kappa shape index (κ3) is 4.68. The molecule has 1 saturated heterocycles. The van der Waals surface area contributed by atoms with E-state index in [9.17, 15) is 8.42 Å². The van der Waals surface area contributed by atoms with E-state index in [1.54, 1.807) is 24.3 Å². The number of hydrogen-bond acceptors (Lipinski definition) is 4. The van der Waals surface area contributed by atoms with Gasteiger partial charge in [-0.2, -0.15) is 0 Å². The minimum atomic E-state index is -3.26. The molecule has 0 saturated carbocycles. The van der Waals surface area contributed by atoms with Crippen molar-refractivity contribution in [3.63, 3.8) is 0 Å². The lowest BCUT2D eigenvalue weighted by atomic mass is 10.1. The van der Waals surface area contributed by atoms with Crippen molar-refractivity contribution in [2.75, 3.05) is 25.4 Å². The highest BCUT2D eigenvalue weighted by molar-refractivity contribution is 7.91. The molecule has 0 radical (unpaired) electrons. The molecule has 2 rings (SSSR count). The van der Waals surface area contributed by atoms with Gasteiger partial charge in [-0.15, -0.1) is 0 Å². The van der Waals surface area contributed by atoms with Gasteiger partial charge in [0.2, 0.25) is 0 Å². The summed E-state index contributed by atoms with van der Waals surface area (Å²) in [6.45, 7) is 1.71. The van der Waals surface area contributed by atoms with Crippen LogP contribution in [0.5, 0.6) is 0 Å². The fraction of sp³-hybridized carbons (Fsp3) is 0.600. The Morgan fingerprint density at radius 3 is 2.67 bits per heavy atom. The summed E-state index contributed by atoms with van der Waals surface area (Å²) in [5.41, 5.74) is 0. The molecular weight excluding hydrogens is 310 g/mol. The van der Waals surface area contributed by atoms with E-state index in [1.165, 1.54) is 0 Å². The van der Waals surface area contributed by atoms with Gasteiger partial charge >= 0.3 is 0 Å². The van der Waals surface area contributed by atoms with Crippen molar-refractivity contribution in [2.24, 2.45) is 0 Å². The van der Waals surface area contributed by atoms with Gasteiger partial charge in [-0.25, -0.2) is 8.42 Å². The molecule has 6 heteroatoms. The Morgan fingerprint density at radius 1 is 1.29 bits per heavy atom. The fourth-order valence-electron chi connectivity index (χ4n) is 2.84. The Morgan fingerprint density at radius 2 is 2.00 bits per heavy atom. The minimum Gasteiger partial charge on any atom is -0.396 e. The number of benzene rings is 1. The van der Waals surface area contributed by atoms with Crippen molar-refractivity contribution in [3.8, 4) is 0 Å². The van der Waals surface area contributed by atoms with Crippen LogP contribution in [0.3, 0.4) is 0 Å². The van der Waals surface area contributed by atoms with Crippen molar-refractivity contribution < 1.29 is 13.5 Å². The molecular formula is C15H22ClNO3S. The van der Waals surface area contributed by atoms with Crippen molar-refractivity contribution in [1.29, 1.82) is 0 Å². The standard InChI is InChI=1S/C15H22ClNO3S/c16-13-5-7-15(8-6-13)21(19,20)12-10-17-9-1-3-14(17)4-2-11-18/h5-8,14,18H,1-4,9-12H2. The van der Waals surface area contributed by atoms with E-state index in [-0.39, 0.29) is 12.4 Å². The summed E-state index contributed by atoms with van der Waals surface area (Å²) in [5.74, 6) is 0.129. The summed E-state index contributed by atoms with van der Waals surface area (Å²) in [6, 6.07) is 6.75. The van der Waals surface area contributed by atoms with Gasteiger partial charge in [-0.05, 0) is 56.5 Å². The predicted octanol–water partition coefficient (Wildman–Crippen LogP) is 2.35. The van der Waals surface area contributed by atoms with Crippen molar-refractivity contribution in [3.05, 3.63) is 29.3 Å². The highest BCUT2D eigenvalue weighted by Gasteiger charge is 2.25. The van der Waals surface area contributed by atoms with E-state index in [0.717, 1.165) is 32.2 Å². The van der Waals surface area contributed by atoms with Crippen LogP contribution in [-0.4, -0.2) is 49.9 Å². The summed E-state index contributed by atoms with van der Waals surface area (Å²) in [4.78, 5) is 2.57. The SMILES string of the molecule is O=S(=O)(CCN1CCCC1CCCO)c1ccc(Cl)cc1. The van der Waals surface area contributed by atoms with Crippen LogP contribution in [-0.2, 0) is 9.84 Å². The second kappa shape index (κ2) is 7.58. The molecule has 0 aliphatic carbocycles. The Labute approximate surface area is 131 Å². The largest absolute Gasteiger partial charge is 0.396 e. The van der Waals surface area contributed by atoms with Gasteiger partial charge < -0.3 is 5.11 Å². The average Bonchev–Trinajstić information content (AvgIpc) is 2.91. The zero-order valence-corrected chi connectivity index (χ0v) is 13.6. The summed E-state index contributed by atoms with van der Waals surface area (Å²) in [5, 5.41) is 9.46. The summed E-state index contributed by atoms with van der Waals surface area (Å²) in [6.07, 6.45) is 3.93. The van der Waals surface area contributed by atoms with E-state index < -0.39 is 9.84 Å². The first kappa shape index (κ1) is 16.7. The molecule has 0 aromatic heterocycles. The molecule has 1 aliphatic heterocycles. The molecule has 1 aromatic rings. The van der Waals surface area contributed by atoms with Crippen molar-refractivity contribution in [1.82, 2.24) is 4.90 Å². The van der Waals surface area contributed by atoms with Crippen LogP contribution in [0.25, 0.3) is 0 Å². The molecule has 4 nitrogen and oxygen atoms in total. The second-order valence-corrected chi connectivity index (χ2v) is 8.02. The lowest BCUT2D eigenvalue weighted by Gasteiger charge is -2.24. The maximum atomic E-state index is 12.3. The molecule has 1 aliphatic rings. The molecule has 1 atom stereocenters. The third-order valence-corrected chi connectivity index (χ3v) is 5.98. The number of halogens is 1. The van der Waals surface area contributed by atoms with Gasteiger partial charge in [0, 0.05) is 24.2 Å². The van der Waals surface area contributed by atoms with Crippen molar-refractivity contribution >= 4 is 21.4 Å². The number of sulfone groups is 1. The third-order valence-electron chi connectivity index (χ3n) is 4.01. The first-order valence-electron chi connectivity index (χ1n) is 7.36. The molecule has 0 spiro atoms. The number of aliphatic hydroxyl groups is 1. The van der Waals surface area contributed by atoms with Crippen LogP contribution in [0, 0.1) is 0 Å². The molecule has 1 N–H and O–H groups in total. The number of hydrogen-bond donors (Lipinski definition) is 1. The summed E-state index contributed by atoms with van der Waals surface area (Å²) in [7, 11) is -3.26. The number of aliphatic hydroxyl groups excluding tert-OH is 1. The minimum absolute atomic E-state index is 0.129. The Kier molecular flexibility index (Phi) is 6.05. The lowest BCUT2D eigenvalue weighted by Crippen LogP contribution is -2.34. The van der Waals surface area contributed by atoms with E-state index in [0.29, 0.717) is 22.5 Å². The Hall–Kier alpha value is -0.620. The molecule has 21 heavy (non-hydrogen) atoms. The monoisotopic (exact) mass is 331 g/mol. The lowest BCUT2D eigenvalue weighted by molar-refractivity contribution is 0.224. The topological polar surface area (TPSA) is 57.6 Å². The van der Waals surface area contributed by atoms with Crippen LogP contribution in [0.4, 0.5) is 0 Å². The highest BCUT2D eigenvalue weighted by atomic mass is 35.5. The van der Waals surface area contributed by atoms with Crippen LogP contribution >= 0.6 is 11.6 Å². The molecule has 1 aromatic carbocycles. The maximum Gasteiger partial charge on any atom is 0.179 e. The molecule has 1 heterocycles. The molecule has 0 amide bonds. The first-order valence-corrected chi connectivity index (χ1v) is 9.39.